The number of thiazole rings is 1. The third-order valence-corrected chi connectivity index (χ3v) is 7.28. The second-order valence-electron chi connectivity index (χ2n) is 5.05. The van der Waals surface area contributed by atoms with E-state index in [9.17, 15) is 4.39 Å². The van der Waals surface area contributed by atoms with Crippen LogP contribution in [0.2, 0.25) is 0 Å². The molecule has 0 saturated carbocycles. The molecule has 0 bridgehead atoms. The van der Waals surface area contributed by atoms with Gasteiger partial charge in [0.1, 0.15) is 0 Å². The number of H-pyrrole nitrogens is 1. The van der Waals surface area contributed by atoms with Gasteiger partial charge in [0.15, 0.2) is 0 Å². The Morgan fingerprint density at radius 1 is 1.39 bits per heavy atom. The third-order valence-electron chi connectivity index (χ3n) is 3.57. The van der Waals surface area contributed by atoms with Crippen LogP contribution in [-0.2, 0) is 11.3 Å². The molecule has 23 heavy (non-hydrogen) atoms. The van der Waals surface area contributed by atoms with E-state index < -0.39 is 21.6 Å². The molecule has 0 spiro atoms. The normalized spacial score (nSPS) is 17.2. The Morgan fingerprint density at radius 3 is 3.00 bits per heavy atom. The summed E-state index contributed by atoms with van der Waals surface area (Å²) in [5.74, 6) is -0.419. The Morgan fingerprint density at radius 2 is 2.22 bits per heavy atom. The molecule has 4 rings (SSSR count). The molecule has 0 aliphatic carbocycles. The van der Waals surface area contributed by atoms with Crippen molar-refractivity contribution in [3.05, 3.63) is 35.0 Å². The van der Waals surface area contributed by atoms with Gasteiger partial charge < -0.3 is 0 Å². The minimum atomic E-state index is -0.783. The van der Waals surface area contributed by atoms with Gasteiger partial charge in [-0.3, -0.25) is 0 Å². The van der Waals surface area contributed by atoms with E-state index in [1.807, 2.05) is 6.20 Å². The number of hydrogen-bond acceptors (Lipinski definition) is 6. The van der Waals surface area contributed by atoms with Gasteiger partial charge in [-0.05, 0) is 0 Å². The number of nitrogens with one attached hydrogen (secondary N) is 1. The Kier molecular flexibility index (Phi) is 3.96. The standard InChI is InChI=1S/C14H13AsFN5OS/c1-2-9-11-8(5-19-21-11)12-10(6-22-9)23-14(20-12)15-13-17-3-7(16)4-18-13/h3-5,9,15H,2,6H2,1H3,(H,19,21). The fourth-order valence-corrected chi connectivity index (χ4v) is 6.16. The third kappa shape index (κ3) is 2.82. The maximum atomic E-state index is 12.9. The van der Waals surface area contributed by atoms with Crippen molar-refractivity contribution >= 4 is 35.5 Å². The van der Waals surface area contributed by atoms with E-state index in [0.717, 1.165) is 32.0 Å². The predicted octanol–water partition coefficient (Wildman–Crippen LogP) is 0.831. The molecule has 3 aromatic rings. The topological polar surface area (TPSA) is 76.6 Å². The van der Waals surface area contributed by atoms with Crippen LogP contribution in [0.3, 0.4) is 0 Å². The maximum absolute atomic E-state index is 12.9. The van der Waals surface area contributed by atoms with Crippen LogP contribution >= 0.6 is 11.3 Å². The Balaban J connectivity index is 1.68. The van der Waals surface area contributed by atoms with E-state index in [1.165, 1.54) is 12.4 Å². The van der Waals surface area contributed by atoms with Crippen molar-refractivity contribution in [2.45, 2.75) is 26.1 Å². The average molecular weight is 393 g/mol. The Labute approximate surface area is 142 Å². The van der Waals surface area contributed by atoms with Crippen molar-refractivity contribution in [2.75, 3.05) is 0 Å². The van der Waals surface area contributed by atoms with Gasteiger partial charge >= 0.3 is 142 Å². The molecular weight excluding hydrogens is 380 g/mol. The summed E-state index contributed by atoms with van der Waals surface area (Å²) in [5, 5.41) is 7.19. The first-order valence-corrected chi connectivity index (χ1v) is 10.1. The van der Waals surface area contributed by atoms with Crippen LogP contribution in [0.1, 0.15) is 30.0 Å². The summed E-state index contributed by atoms with van der Waals surface area (Å²) >= 11 is 0.848. The van der Waals surface area contributed by atoms with Crippen molar-refractivity contribution in [1.29, 1.82) is 0 Å². The van der Waals surface area contributed by atoms with Crippen molar-refractivity contribution in [3.63, 3.8) is 0 Å². The first-order chi connectivity index (χ1) is 11.2. The molecule has 0 aromatic carbocycles. The van der Waals surface area contributed by atoms with Gasteiger partial charge in [-0.25, -0.2) is 0 Å². The van der Waals surface area contributed by atoms with Crippen molar-refractivity contribution in [2.24, 2.45) is 0 Å². The zero-order chi connectivity index (χ0) is 15.8. The number of ether oxygens (including phenoxy) is 1. The number of hydrogen-bond donors (Lipinski definition) is 1. The van der Waals surface area contributed by atoms with Gasteiger partial charge in [0.25, 0.3) is 0 Å². The van der Waals surface area contributed by atoms with Crippen molar-refractivity contribution < 1.29 is 9.13 Å². The summed E-state index contributed by atoms with van der Waals surface area (Å²) in [5.41, 5.74) is 2.94. The van der Waals surface area contributed by atoms with Crippen LogP contribution in [0.15, 0.2) is 18.6 Å². The molecule has 2 unspecified atom stereocenters. The second kappa shape index (κ2) is 6.11. The zero-order valence-corrected chi connectivity index (χ0v) is 15.1. The van der Waals surface area contributed by atoms with E-state index >= 15 is 0 Å². The minimum absolute atomic E-state index is 0.0220. The van der Waals surface area contributed by atoms with Gasteiger partial charge in [0, 0.05) is 0 Å². The van der Waals surface area contributed by atoms with E-state index in [4.69, 9.17) is 9.72 Å². The molecule has 0 fully saturated rings. The molecule has 4 heterocycles. The first kappa shape index (κ1) is 14.9. The van der Waals surface area contributed by atoms with Crippen LogP contribution in [0.4, 0.5) is 4.39 Å². The molecule has 0 amide bonds. The van der Waals surface area contributed by atoms with E-state index in [1.54, 1.807) is 11.3 Å². The molecule has 6 nitrogen and oxygen atoms in total. The molecule has 118 valence electrons. The Bertz CT molecular complexity index is 834. The number of aromatic amines is 1. The summed E-state index contributed by atoms with van der Waals surface area (Å²) in [4.78, 5) is 14.0. The number of rotatable bonds is 3. The Hall–Kier alpha value is -1.63. The average Bonchev–Trinajstić information content (AvgIpc) is 3.15. The quantitative estimate of drug-likeness (QED) is 0.668. The van der Waals surface area contributed by atoms with Gasteiger partial charge in [-0.1, -0.05) is 0 Å². The molecule has 3 aromatic heterocycles. The number of halogens is 1. The molecule has 1 aliphatic heterocycles. The molecule has 9 heteroatoms. The summed E-state index contributed by atoms with van der Waals surface area (Å²) in [7, 11) is 0. The van der Waals surface area contributed by atoms with Crippen LogP contribution in [0.25, 0.3) is 11.3 Å². The SMILES string of the molecule is CCC1OCc2sc([AsH]c3ncc(F)cn3)nc2-c2cn[nH]c21. The van der Waals surface area contributed by atoms with Gasteiger partial charge in [-0.2, -0.15) is 0 Å². The fourth-order valence-electron chi connectivity index (χ4n) is 2.50. The molecule has 0 radical (unpaired) electrons. The van der Waals surface area contributed by atoms with Gasteiger partial charge in [0.05, 0.1) is 0 Å². The van der Waals surface area contributed by atoms with E-state index in [0.29, 0.717) is 11.2 Å². The van der Waals surface area contributed by atoms with Crippen molar-refractivity contribution in [1.82, 2.24) is 25.1 Å². The molecule has 2 atom stereocenters. The van der Waals surface area contributed by atoms with Crippen LogP contribution in [0.5, 0.6) is 0 Å². The van der Waals surface area contributed by atoms with Gasteiger partial charge in [0.2, 0.25) is 0 Å². The first-order valence-electron chi connectivity index (χ1n) is 7.14. The van der Waals surface area contributed by atoms with Crippen LogP contribution < -0.4 is 8.41 Å². The molecule has 1 N–H and O–H groups in total. The number of nitrogens with zero attached hydrogens (tertiary/aromatic N) is 4. The number of fused-ring (bicyclic) bond motifs is 3. The summed E-state index contributed by atoms with van der Waals surface area (Å²) in [6.07, 6.45) is 5.12. The number of aromatic nitrogens is 5. The second-order valence-corrected chi connectivity index (χ2v) is 9.35. The monoisotopic (exact) mass is 393 g/mol. The summed E-state index contributed by atoms with van der Waals surface area (Å²) < 4.78 is 20.6. The molecule has 0 saturated heterocycles. The van der Waals surface area contributed by atoms with Crippen molar-refractivity contribution in [3.8, 4) is 11.3 Å². The van der Waals surface area contributed by atoms with Crippen LogP contribution in [-0.4, -0.2) is 40.9 Å². The van der Waals surface area contributed by atoms with Crippen LogP contribution in [0, 0.1) is 5.82 Å². The zero-order valence-electron chi connectivity index (χ0n) is 12.2. The predicted molar refractivity (Wildman–Crippen MR) is 85.9 cm³/mol. The van der Waals surface area contributed by atoms with Gasteiger partial charge in [-0.15, -0.1) is 0 Å². The molecular formula is C14H13AsFN5OS. The summed E-state index contributed by atoms with van der Waals surface area (Å²) in [6, 6.07) is 0. The molecule has 1 aliphatic rings. The fraction of sp³-hybridized carbons (Fsp3) is 0.286. The summed E-state index contributed by atoms with van der Waals surface area (Å²) in [6.45, 7) is 2.64. The van der Waals surface area contributed by atoms with E-state index in [2.05, 4.69) is 27.1 Å². The van der Waals surface area contributed by atoms with E-state index in [-0.39, 0.29) is 6.10 Å².